The van der Waals surface area contributed by atoms with Crippen molar-refractivity contribution in [2.75, 3.05) is 6.54 Å². The molecule has 0 aliphatic heterocycles. The Labute approximate surface area is 100 Å². The molecule has 0 spiro atoms. The largest absolute Gasteiger partial charge is 0.438 e. The van der Waals surface area contributed by atoms with Crippen LogP contribution in [-0.2, 0) is 6.42 Å². The third-order valence-corrected chi connectivity index (χ3v) is 2.35. The van der Waals surface area contributed by atoms with Crippen molar-refractivity contribution in [2.45, 2.75) is 12.8 Å². The first-order valence-corrected chi connectivity index (χ1v) is 5.61. The standard InChI is InChI=1S/C13H15N3O/c14-7-1-2-11-3-5-12(6-4-11)17-13-10-15-8-9-16-13/h3-6,8-10H,1-2,7,14H2. The molecule has 2 rings (SSSR count). The minimum Gasteiger partial charge on any atom is -0.438 e. The Bertz CT molecular complexity index is 442. The van der Waals surface area contributed by atoms with E-state index in [-0.39, 0.29) is 0 Å². The van der Waals surface area contributed by atoms with E-state index in [0.29, 0.717) is 5.88 Å². The van der Waals surface area contributed by atoms with Crippen molar-refractivity contribution in [2.24, 2.45) is 5.73 Å². The fourth-order valence-corrected chi connectivity index (χ4v) is 1.49. The molecule has 2 aromatic rings. The lowest BCUT2D eigenvalue weighted by atomic mass is 10.1. The van der Waals surface area contributed by atoms with Crippen molar-refractivity contribution in [1.29, 1.82) is 0 Å². The van der Waals surface area contributed by atoms with Crippen LogP contribution >= 0.6 is 0 Å². The van der Waals surface area contributed by atoms with Crippen LogP contribution in [0.4, 0.5) is 0 Å². The number of rotatable bonds is 5. The van der Waals surface area contributed by atoms with Gasteiger partial charge < -0.3 is 10.5 Å². The lowest BCUT2D eigenvalue weighted by molar-refractivity contribution is 0.460. The van der Waals surface area contributed by atoms with Crippen LogP contribution < -0.4 is 10.5 Å². The maximum atomic E-state index is 5.54. The van der Waals surface area contributed by atoms with Crippen molar-refractivity contribution in [3.63, 3.8) is 0 Å². The van der Waals surface area contributed by atoms with E-state index in [2.05, 4.69) is 9.97 Å². The van der Waals surface area contributed by atoms with Gasteiger partial charge in [0.25, 0.3) is 0 Å². The number of nitrogens with zero attached hydrogens (tertiary/aromatic N) is 2. The molecule has 2 N–H and O–H groups in total. The highest BCUT2D eigenvalue weighted by Gasteiger charge is 1.98. The zero-order chi connectivity index (χ0) is 11.9. The smallest absolute Gasteiger partial charge is 0.237 e. The summed E-state index contributed by atoms with van der Waals surface area (Å²) in [5, 5.41) is 0. The van der Waals surface area contributed by atoms with Gasteiger partial charge in [-0.2, -0.15) is 0 Å². The van der Waals surface area contributed by atoms with Crippen LogP contribution in [0.1, 0.15) is 12.0 Å². The van der Waals surface area contributed by atoms with Gasteiger partial charge in [0.1, 0.15) is 5.75 Å². The number of aryl methyl sites for hydroxylation is 1. The van der Waals surface area contributed by atoms with Crippen LogP contribution in [0.3, 0.4) is 0 Å². The first kappa shape index (κ1) is 11.5. The van der Waals surface area contributed by atoms with Crippen LogP contribution in [0.25, 0.3) is 0 Å². The van der Waals surface area contributed by atoms with Crippen molar-refractivity contribution >= 4 is 0 Å². The molecule has 0 atom stereocenters. The highest BCUT2D eigenvalue weighted by Crippen LogP contribution is 2.18. The summed E-state index contributed by atoms with van der Waals surface area (Å²) in [5.74, 6) is 1.27. The fraction of sp³-hybridized carbons (Fsp3) is 0.231. The van der Waals surface area contributed by atoms with Gasteiger partial charge in [0.2, 0.25) is 5.88 Å². The Morgan fingerprint density at radius 2 is 1.94 bits per heavy atom. The summed E-state index contributed by atoms with van der Waals surface area (Å²) in [7, 11) is 0. The van der Waals surface area contributed by atoms with Gasteiger partial charge in [-0.15, -0.1) is 0 Å². The number of benzene rings is 1. The van der Waals surface area contributed by atoms with Gasteiger partial charge >= 0.3 is 0 Å². The van der Waals surface area contributed by atoms with E-state index < -0.39 is 0 Å². The number of aromatic nitrogens is 2. The summed E-state index contributed by atoms with van der Waals surface area (Å²) >= 11 is 0. The first-order chi connectivity index (χ1) is 8.38. The number of nitrogens with two attached hydrogens (primary N) is 1. The molecule has 0 fully saturated rings. The Morgan fingerprint density at radius 3 is 2.59 bits per heavy atom. The minimum absolute atomic E-state index is 0.502. The topological polar surface area (TPSA) is 61.0 Å². The highest BCUT2D eigenvalue weighted by molar-refractivity contribution is 5.29. The zero-order valence-corrected chi connectivity index (χ0v) is 9.54. The molecule has 0 radical (unpaired) electrons. The number of ether oxygens (including phenoxy) is 1. The van der Waals surface area contributed by atoms with E-state index in [1.165, 1.54) is 5.56 Å². The minimum atomic E-state index is 0.502. The summed E-state index contributed by atoms with van der Waals surface area (Å²) in [5.41, 5.74) is 6.73. The Morgan fingerprint density at radius 1 is 1.12 bits per heavy atom. The molecule has 88 valence electrons. The van der Waals surface area contributed by atoms with Gasteiger partial charge in [0, 0.05) is 12.4 Å². The predicted octanol–water partition coefficient (Wildman–Crippen LogP) is 2.16. The first-order valence-electron chi connectivity index (χ1n) is 5.61. The third kappa shape index (κ3) is 3.53. The molecule has 0 aliphatic carbocycles. The molecule has 17 heavy (non-hydrogen) atoms. The molecule has 0 amide bonds. The van der Waals surface area contributed by atoms with Crippen LogP contribution in [-0.4, -0.2) is 16.5 Å². The van der Waals surface area contributed by atoms with Crippen LogP contribution in [0.5, 0.6) is 11.6 Å². The molecule has 0 saturated carbocycles. The molecule has 0 bridgehead atoms. The Kier molecular flexibility index (Phi) is 4.05. The molecule has 0 unspecified atom stereocenters. The number of hydrogen-bond acceptors (Lipinski definition) is 4. The summed E-state index contributed by atoms with van der Waals surface area (Å²) in [6.45, 7) is 0.720. The molecule has 1 heterocycles. The summed E-state index contributed by atoms with van der Waals surface area (Å²) < 4.78 is 5.54. The van der Waals surface area contributed by atoms with E-state index in [1.807, 2.05) is 24.3 Å². The highest BCUT2D eigenvalue weighted by atomic mass is 16.5. The molecule has 1 aromatic carbocycles. The monoisotopic (exact) mass is 229 g/mol. The SMILES string of the molecule is NCCCc1ccc(Oc2cnccn2)cc1. The van der Waals surface area contributed by atoms with Crippen molar-refractivity contribution in [3.05, 3.63) is 48.4 Å². The van der Waals surface area contributed by atoms with Gasteiger partial charge in [-0.25, -0.2) is 4.98 Å². The van der Waals surface area contributed by atoms with Crippen molar-refractivity contribution in [1.82, 2.24) is 9.97 Å². The maximum Gasteiger partial charge on any atom is 0.237 e. The van der Waals surface area contributed by atoms with E-state index >= 15 is 0 Å². The molecule has 4 heteroatoms. The van der Waals surface area contributed by atoms with Crippen molar-refractivity contribution < 1.29 is 4.74 Å². The quantitative estimate of drug-likeness (QED) is 0.853. The molecule has 0 aliphatic rings. The normalized spacial score (nSPS) is 10.2. The van der Waals surface area contributed by atoms with Gasteiger partial charge in [0.05, 0.1) is 6.20 Å². The molecule has 0 saturated heterocycles. The van der Waals surface area contributed by atoms with E-state index in [9.17, 15) is 0 Å². The second-order valence-corrected chi connectivity index (χ2v) is 3.68. The molecule has 4 nitrogen and oxygen atoms in total. The second-order valence-electron chi connectivity index (χ2n) is 3.68. The lowest BCUT2D eigenvalue weighted by Gasteiger charge is -2.05. The van der Waals surface area contributed by atoms with Crippen LogP contribution in [0.15, 0.2) is 42.9 Å². The average molecular weight is 229 g/mol. The molecule has 1 aromatic heterocycles. The van der Waals surface area contributed by atoms with Gasteiger partial charge in [-0.05, 0) is 37.1 Å². The van der Waals surface area contributed by atoms with Gasteiger partial charge in [-0.1, -0.05) is 12.1 Å². The Hall–Kier alpha value is -1.94. The Balaban J connectivity index is 1.98. The number of hydrogen-bond donors (Lipinski definition) is 1. The lowest BCUT2D eigenvalue weighted by Crippen LogP contribution is -2.00. The predicted molar refractivity (Wildman–Crippen MR) is 65.9 cm³/mol. The third-order valence-electron chi connectivity index (χ3n) is 2.35. The average Bonchev–Trinajstić information content (AvgIpc) is 2.39. The van der Waals surface area contributed by atoms with E-state index in [4.69, 9.17) is 10.5 Å². The van der Waals surface area contributed by atoms with Crippen LogP contribution in [0, 0.1) is 0 Å². The maximum absolute atomic E-state index is 5.54. The van der Waals surface area contributed by atoms with Crippen LogP contribution in [0.2, 0.25) is 0 Å². The molecular formula is C13H15N3O. The van der Waals surface area contributed by atoms with Gasteiger partial charge in [-0.3, -0.25) is 4.98 Å². The summed E-state index contributed by atoms with van der Waals surface area (Å²) in [6.07, 6.45) is 6.81. The summed E-state index contributed by atoms with van der Waals surface area (Å²) in [6, 6.07) is 7.95. The second kappa shape index (κ2) is 5.96. The van der Waals surface area contributed by atoms with E-state index in [1.54, 1.807) is 18.6 Å². The molecular weight excluding hydrogens is 214 g/mol. The summed E-state index contributed by atoms with van der Waals surface area (Å²) in [4.78, 5) is 7.98. The van der Waals surface area contributed by atoms with Crippen molar-refractivity contribution in [3.8, 4) is 11.6 Å². The van der Waals surface area contributed by atoms with Gasteiger partial charge in [0.15, 0.2) is 0 Å². The fourth-order valence-electron chi connectivity index (χ4n) is 1.49. The zero-order valence-electron chi connectivity index (χ0n) is 9.54. The van der Waals surface area contributed by atoms with E-state index in [0.717, 1.165) is 25.1 Å².